The van der Waals surface area contributed by atoms with Crippen molar-refractivity contribution in [1.29, 1.82) is 0 Å². The van der Waals surface area contributed by atoms with E-state index in [9.17, 15) is 9.59 Å². The van der Waals surface area contributed by atoms with Gasteiger partial charge in [0.05, 0.1) is 4.88 Å². The van der Waals surface area contributed by atoms with E-state index in [1.165, 1.54) is 0 Å². The molecule has 5 nitrogen and oxygen atoms in total. The van der Waals surface area contributed by atoms with Crippen LogP contribution in [0.1, 0.15) is 50.6 Å². The van der Waals surface area contributed by atoms with E-state index in [1.807, 2.05) is 19.1 Å². The highest BCUT2D eigenvalue weighted by molar-refractivity contribution is 7.13. The second-order valence-corrected chi connectivity index (χ2v) is 8.17. The molecule has 6 heteroatoms. The molecule has 25 heavy (non-hydrogen) atoms. The maximum Gasteiger partial charge on any atom is 0.264 e. The number of carbonyl (C=O) groups is 2. The van der Waals surface area contributed by atoms with Gasteiger partial charge < -0.3 is 10.2 Å². The lowest BCUT2D eigenvalue weighted by Gasteiger charge is -2.39. The molecule has 3 atom stereocenters. The minimum Gasteiger partial charge on any atom is -0.349 e. The van der Waals surface area contributed by atoms with Gasteiger partial charge in [-0.2, -0.15) is 0 Å². The van der Waals surface area contributed by atoms with Crippen molar-refractivity contribution in [2.45, 2.75) is 50.7 Å². The highest BCUT2D eigenvalue weighted by Crippen LogP contribution is 2.37. The van der Waals surface area contributed by atoms with E-state index in [-0.39, 0.29) is 29.9 Å². The average molecular weight is 355 g/mol. The lowest BCUT2D eigenvalue weighted by atomic mass is 9.96. The van der Waals surface area contributed by atoms with Crippen LogP contribution in [0.4, 0.5) is 0 Å². The number of fused-ring (bicyclic) bond motifs is 2. The Hall–Kier alpha value is -2.21. The van der Waals surface area contributed by atoms with Gasteiger partial charge >= 0.3 is 0 Å². The molecule has 0 saturated carbocycles. The van der Waals surface area contributed by atoms with E-state index in [0.29, 0.717) is 5.56 Å². The number of nitrogens with one attached hydrogen (secondary N) is 1. The van der Waals surface area contributed by atoms with Crippen LogP contribution in [0.25, 0.3) is 0 Å². The number of amides is 2. The highest BCUT2D eigenvalue weighted by atomic mass is 32.1. The molecular formula is C19H21N3O2S. The Morgan fingerprint density at radius 1 is 1.12 bits per heavy atom. The van der Waals surface area contributed by atoms with Crippen molar-refractivity contribution in [2.75, 3.05) is 0 Å². The van der Waals surface area contributed by atoms with Gasteiger partial charge in [0, 0.05) is 41.0 Å². The number of carbonyl (C=O) groups excluding carboxylic acids is 2. The predicted molar refractivity (Wildman–Crippen MR) is 96.8 cm³/mol. The standard InChI is InChI=1S/C19H21N3O2S/c1-12-2-5-17(25-12)19(24)22-15-3-4-16(22)11-14(10-15)21-18(23)13-6-8-20-9-7-13/h2,5-9,14-16H,3-4,10-11H2,1H3,(H,21,23)/t14?,15-,16+. The Balaban J connectivity index is 1.43. The first-order valence-corrected chi connectivity index (χ1v) is 9.53. The van der Waals surface area contributed by atoms with Crippen molar-refractivity contribution in [3.8, 4) is 0 Å². The van der Waals surface area contributed by atoms with Crippen LogP contribution in [-0.4, -0.2) is 39.8 Å². The van der Waals surface area contributed by atoms with Gasteiger partial charge in [0.2, 0.25) is 0 Å². The lowest BCUT2D eigenvalue weighted by Crippen LogP contribution is -2.52. The number of pyridine rings is 1. The second-order valence-electron chi connectivity index (χ2n) is 6.89. The molecular weight excluding hydrogens is 334 g/mol. The van der Waals surface area contributed by atoms with Crippen LogP contribution in [0, 0.1) is 6.92 Å². The summed E-state index contributed by atoms with van der Waals surface area (Å²) < 4.78 is 0. The minimum absolute atomic E-state index is 0.0551. The lowest BCUT2D eigenvalue weighted by molar-refractivity contribution is 0.0554. The Labute approximate surface area is 151 Å². The summed E-state index contributed by atoms with van der Waals surface area (Å²) in [5.74, 6) is 0.102. The normalized spacial score (nSPS) is 25.0. The van der Waals surface area contributed by atoms with Crippen LogP contribution in [0.5, 0.6) is 0 Å². The minimum atomic E-state index is -0.0551. The molecule has 2 aliphatic heterocycles. The Kier molecular flexibility index (Phi) is 4.29. The van der Waals surface area contributed by atoms with Gasteiger partial charge in [0.1, 0.15) is 0 Å². The second kappa shape index (κ2) is 6.59. The number of aromatic nitrogens is 1. The number of aryl methyl sites for hydroxylation is 1. The van der Waals surface area contributed by atoms with Gasteiger partial charge in [-0.25, -0.2) is 0 Å². The first-order chi connectivity index (χ1) is 12.1. The molecule has 0 radical (unpaired) electrons. The summed E-state index contributed by atoms with van der Waals surface area (Å²) in [7, 11) is 0. The van der Waals surface area contributed by atoms with Crippen molar-refractivity contribution in [3.63, 3.8) is 0 Å². The molecule has 4 heterocycles. The monoisotopic (exact) mass is 355 g/mol. The van der Waals surface area contributed by atoms with Crippen LogP contribution in [-0.2, 0) is 0 Å². The molecule has 2 amide bonds. The van der Waals surface area contributed by atoms with Crippen molar-refractivity contribution in [1.82, 2.24) is 15.2 Å². The van der Waals surface area contributed by atoms with Gasteiger partial charge in [-0.1, -0.05) is 0 Å². The van der Waals surface area contributed by atoms with Crippen molar-refractivity contribution >= 4 is 23.2 Å². The summed E-state index contributed by atoms with van der Waals surface area (Å²) in [6.07, 6.45) is 6.99. The fourth-order valence-corrected chi connectivity index (χ4v) is 4.89. The number of thiophene rings is 1. The third-order valence-corrected chi connectivity index (χ3v) is 6.19. The molecule has 2 aliphatic rings. The molecule has 0 aliphatic carbocycles. The first kappa shape index (κ1) is 16.3. The highest BCUT2D eigenvalue weighted by Gasteiger charge is 2.44. The molecule has 130 valence electrons. The van der Waals surface area contributed by atoms with Gasteiger partial charge in [-0.05, 0) is 56.9 Å². The molecule has 1 unspecified atom stereocenters. The zero-order valence-corrected chi connectivity index (χ0v) is 15.0. The van der Waals surface area contributed by atoms with Crippen LogP contribution in [0.2, 0.25) is 0 Å². The number of hydrogen-bond donors (Lipinski definition) is 1. The molecule has 0 aromatic carbocycles. The van der Waals surface area contributed by atoms with Crippen molar-refractivity contribution < 1.29 is 9.59 Å². The van der Waals surface area contributed by atoms with E-state index in [4.69, 9.17) is 0 Å². The summed E-state index contributed by atoms with van der Waals surface area (Å²) >= 11 is 1.56. The molecule has 0 spiro atoms. The summed E-state index contributed by atoms with van der Waals surface area (Å²) in [5, 5.41) is 3.14. The summed E-state index contributed by atoms with van der Waals surface area (Å²) in [6, 6.07) is 7.98. The maximum absolute atomic E-state index is 12.9. The SMILES string of the molecule is Cc1ccc(C(=O)N2[C@@H]3CC[C@H]2CC(NC(=O)c2ccncc2)C3)s1. The first-order valence-electron chi connectivity index (χ1n) is 8.72. The molecule has 2 bridgehead atoms. The third kappa shape index (κ3) is 3.18. The topological polar surface area (TPSA) is 62.3 Å². The molecule has 2 aromatic rings. The van der Waals surface area contributed by atoms with Crippen LogP contribution in [0.15, 0.2) is 36.7 Å². The van der Waals surface area contributed by atoms with E-state index in [2.05, 4.69) is 15.2 Å². The fourth-order valence-electron chi connectivity index (χ4n) is 4.08. The number of hydrogen-bond acceptors (Lipinski definition) is 4. The summed E-state index contributed by atoms with van der Waals surface area (Å²) in [6.45, 7) is 2.02. The molecule has 2 fully saturated rings. The Morgan fingerprint density at radius 3 is 2.40 bits per heavy atom. The zero-order valence-electron chi connectivity index (χ0n) is 14.1. The van der Waals surface area contributed by atoms with Gasteiger partial charge in [-0.15, -0.1) is 11.3 Å². The van der Waals surface area contributed by atoms with Crippen LogP contribution in [0.3, 0.4) is 0 Å². The fraction of sp³-hybridized carbons (Fsp3) is 0.421. The van der Waals surface area contributed by atoms with E-state index >= 15 is 0 Å². The van der Waals surface area contributed by atoms with Crippen molar-refractivity contribution in [2.24, 2.45) is 0 Å². The Morgan fingerprint density at radius 2 is 1.80 bits per heavy atom. The van der Waals surface area contributed by atoms with E-state index in [0.717, 1.165) is 35.4 Å². The quantitative estimate of drug-likeness (QED) is 0.921. The molecule has 1 N–H and O–H groups in total. The molecule has 2 saturated heterocycles. The zero-order chi connectivity index (χ0) is 17.4. The average Bonchev–Trinajstić information content (AvgIpc) is 3.16. The molecule has 4 rings (SSSR count). The van der Waals surface area contributed by atoms with Gasteiger partial charge in [0.15, 0.2) is 0 Å². The van der Waals surface area contributed by atoms with Gasteiger partial charge in [0.25, 0.3) is 11.8 Å². The van der Waals surface area contributed by atoms with E-state index < -0.39 is 0 Å². The van der Waals surface area contributed by atoms with Crippen LogP contribution >= 0.6 is 11.3 Å². The third-order valence-electron chi connectivity index (χ3n) is 5.20. The summed E-state index contributed by atoms with van der Waals surface area (Å²) in [4.78, 5) is 33.2. The predicted octanol–water partition coefficient (Wildman–Crippen LogP) is 3.02. The number of piperidine rings is 1. The Bertz CT molecular complexity index is 775. The van der Waals surface area contributed by atoms with Crippen molar-refractivity contribution in [3.05, 3.63) is 52.0 Å². The summed E-state index contributed by atoms with van der Waals surface area (Å²) in [5.41, 5.74) is 0.634. The molecule has 2 aromatic heterocycles. The number of rotatable bonds is 3. The van der Waals surface area contributed by atoms with Gasteiger partial charge in [-0.3, -0.25) is 14.6 Å². The largest absolute Gasteiger partial charge is 0.349 e. The van der Waals surface area contributed by atoms with Crippen LogP contribution < -0.4 is 5.32 Å². The smallest absolute Gasteiger partial charge is 0.264 e. The van der Waals surface area contributed by atoms with E-state index in [1.54, 1.807) is 35.9 Å². The number of nitrogens with zero attached hydrogens (tertiary/aromatic N) is 2. The maximum atomic E-state index is 12.9.